The summed E-state index contributed by atoms with van der Waals surface area (Å²) < 4.78 is 24.3. The van der Waals surface area contributed by atoms with Crippen LogP contribution < -0.4 is 0 Å². The number of nitrogens with zero attached hydrogens (tertiary/aromatic N) is 1. The number of rotatable bonds is 4. The van der Waals surface area contributed by atoms with Crippen molar-refractivity contribution in [2.45, 2.75) is 18.4 Å². The number of hydrogen-bond donors (Lipinski definition) is 0. The summed E-state index contributed by atoms with van der Waals surface area (Å²) in [5.74, 6) is -2.21. The Balaban J connectivity index is 2.06. The Labute approximate surface area is 143 Å². The highest BCUT2D eigenvalue weighted by Gasteiger charge is 2.55. The molecule has 1 aliphatic heterocycles. The molecule has 6 nitrogen and oxygen atoms in total. The van der Waals surface area contributed by atoms with Gasteiger partial charge in [0, 0.05) is 17.8 Å². The number of ether oxygens (including phenoxy) is 2. The number of aromatic nitrogens is 1. The molecular weight excluding hydrogens is 329 g/mol. The van der Waals surface area contributed by atoms with Crippen molar-refractivity contribution in [1.82, 2.24) is 4.57 Å². The van der Waals surface area contributed by atoms with Gasteiger partial charge < -0.3 is 14.0 Å². The third-order valence-electron chi connectivity index (χ3n) is 4.54. The zero-order chi connectivity index (χ0) is 18.2. The minimum atomic E-state index is -1.58. The van der Waals surface area contributed by atoms with E-state index in [1.54, 1.807) is 16.7 Å². The van der Waals surface area contributed by atoms with Gasteiger partial charge in [-0.15, -0.1) is 0 Å². The van der Waals surface area contributed by atoms with E-state index in [2.05, 4.69) is 0 Å². The molecule has 1 aromatic carbocycles. The first kappa shape index (κ1) is 16.9. The number of halogens is 1. The van der Waals surface area contributed by atoms with Crippen LogP contribution in [0.15, 0.2) is 36.4 Å². The Morgan fingerprint density at radius 2 is 1.60 bits per heavy atom. The van der Waals surface area contributed by atoms with E-state index in [9.17, 15) is 18.8 Å². The van der Waals surface area contributed by atoms with Gasteiger partial charge >= 0.3 is 11.9 Å². The molecule has 0 aliphatic carbocycles. The second-order valence-corrected chi connectivity index (χ2v) is 5.73. The van der Waals surface area contributed by atoms with Gasteiger partial charge in [-0.2, -0.15) is 0 Å². The zero-order valence-corrected chi connectivity index (χ0v) is 13.7. The van der Waals surface area contributed by atoms with Gasteiger partial charge in [-0.25, -0.2) is 4.39 Å². The summed E-state index contributed by atoms with van der Waals surface area (Å²) in [6.07, 6.45) is 0.145. The number of esters is 2. The molecule has 0 radical (unpaired) electrons. The van der Waals surface area contributed by atoms with Crippen LogP contribution in [0.5, 0.6) is 0 Å². The van der Waals surface area contributed by atoms with Crippen molar-refractivity contribution in [1.29, 1.82) is 0 Å². The molecular formula is C18H16FNO5. The van der Waals surface area contributed by atoms with E-state index in [4.69, 9.17) is 9.47 Å². The number of carbonyl (C=O) groups is 3. The summed E-state index contributed by atoms with van der Waals surface area (Å²) in [4.78, 5) is 37.3. The summed E-state index contributed by atoms with van der Waals surface area (Å²) in [7, 11) is 2.40. The molecule has 0 saturated carbocycles. The molecule has 0 spiro atoms. The molecule has 0 fully saturated rings. The lowest BCUT2D eigenvalue weighted by Gasteiger charge is -2.22. The van der Waals surface area contributed by atoms with E-state index < -0.39 is 23.2 Å². The average molecular weight is 345 g/mol. The quantitative estimate of drug-likeness (QED) is 0.480. The van der Waals surface area contributed by atoms with Crippen LogP contribution in [-0.2, 0) is 31.0 Å². The molecule has 1 aliphatic rings. The normalized spacial score (nSPS) is 14.7. The van der Waals surface area contributed by atoms with Gasteiger partial charge in [0.15, 0.2) is 0 Å². The van der Waals surface area contributed by atoms with Gasteiger partial charge in [0.05, 0.1) is 19.9 Å². The molecule has 0 bridgehead atoms. The standard InChI is InChI=1S/C18H16FNO5/c1-24-16(22)18(17(23)25-2)9-10-20-13(7-8-14(18)20)15(21)11-3-5-12(19)6-4-11/h3-8H,9-10H2,1-2H3. The maximum absolute atomic E-state index is 13.1. The zero-order valence-electron chi connectivity index (χ0n) is 13.7. The van der Waals surface area contributed by atoms with Crippen LogP contribution >= 0.6 is 0 Å². The lowest BCUT2D eigenvalue weighted by atomic mass is 9.83. The summed E-state index contributed by atoms with van der Waals surface area (Å²) in [5.41, 5.74) is -0.589. The van der Waals surface area contributed by atoms with Crippen LogP contribution in [-0.4, -0.2) is 36.5 Å². The SMILES string of the molecule is COC(=O)C1(C(=O)OC)CCn2c(C(=O)c3ccc(F)cc3)ccc21. The Morgan fingerprint density at radius 3 is 2.16 bits per heavy atom. The molecule has 0 saturated heterocycles. The smallest absolute Gasteiger partial charge is 0.329 e. The molecule has 0 unspecified atom stereocenters. The number of hydrogen-bond acceptors (Lipinski definition) is 5. The largest absolute Gasteiger partial charge is 0.468 e. The second kappa shape index (κ2) is 6.16. The van der Waals surface area contributed by atoms with Crippen molar-refractivity contribution in [3.05, 3.63) is 59.2 Å². The highest BCUT2D eigenvalue weighted by atomic mass is 19.1. The van der Waals surface area contributed by atoms with Crippen molar-refractivity contribution < 1.29 is 28.2 Å². The Hall–Kier alpha value is -2.96. The Bertz CT molecular complexity index is 837. The highest BCUT2D eigenvalue weighted by molar-refractivity contribution is 6.10. The average Bonchev–Trinajstić information content (AvgIpc) is 3.21. The lowest BCUT2D eigenvalue weighted by Crippen LogP contribution is -2.43. The van der Waals surface area contributed by atoms with Crippen molar-refractivity contribution in [2.24, 2.45) is 0 Å². The minimum Gasteiger partial charge on any atom is -0.468 e. The molecule has 7 heteroatoms. The van der Waals surface area contributed by atoms with Gasteiger partial charge in [-0.05, 0) is 42.8 Å². The van der Waals surface area contributed by atoms with E-state index >= 15 is 0 Å². The molecule has 0 atom stereocenters. The Morgan fingerprint density at radius 1 is 1.00 bits per heavy atom. The molecule has 0 N–H and O–H groups in total. The fourth-order valence-electron chi connectivity index (χ4n) is 3.28. The molecule has 25 heavy (non-hydrogen) atoms. The maximum atomic E-state index is 13.1. The number of ketones is 1. The van der Waals surface area contributed by atoms with Crippen LogP contribution in [0.25, 0.3) is 0 Å². The first-order valence-corrected chi connectivity index (χ1v) is 7.63. The van der Waals surface area contributed by atoms with E-state index in [1.807, 2.05) is 0 Å². The molecule has 2 heterocycles. The maximum Gasteiger partial charge on any atom is 0.329 e. The van der Waals surface area contributed by atoms with Crippen LogP contribution in [0.4, 0.5) is 4.39 Å². The fourth-order valence-corrected chi connectivity index (χ4v) is 3.28. The summed E-state index contributed by atoms with van der Waals surface area (Å²) in [6, 6.07) is 8.28. The molecule has 0 amide bonds. The third-order valence-corrected chi connectivity index (χ3v) is 4.54. The van der Waals surface area contributed by atoms with Gasteiger partial charge in [0.25, 0.3) is 0 Å². The first-order valence-electron chi connectivity index (χ1n) is 7.63. The van der Waals surface area contributed by atoms with Crippen LogP contribution in [0.3, 0.4) is 0 Å². The van der Waals surface area contributed by atoms with Crippen molar-refractivity contribution in [3.63, 3.8) is 0 Å². The van der Waals surface area contributed by atoms with Crippen LogP contribution in [0, 0.1) is 5.82 Å². The summed E-state index contributed by atoms with van der Waals surface area (Å²) >= 11 is 0. The molecule has 1 aromatic heterocycles. The Kier molecular flexibility index (Phi) is 4.16. The number of carbonyl (C=O) groups excluding carboxylic acids is 3. The fraction of sp³-hybridized carbons (Fsp3) is 0.278. The van der Waals surface area contributed by atoms with E-state index in [0.29, 0.717) is 17.0 Å². The van der Waals surface area contributed by atoms with E-state index in [1.165, 1.54) is 38.5 Å². The number of methoxy groups -OCH3 is 2. The molecule has 3 rings (SSSR count). The van der Waals surface area contributed by atoms with Gasteiger partial charge in [-0.1, -0.05) is 0 Å². The van der Waals surface area contributed by atoms with Crippen LogP contribution in [0.2, 0.25) is 0 Å². The predicted molar refractivity (Wildman–Crippen MR) is 84.6 cm³/mol. The first-order chi connectivity index (χ1) is 12.0. The number of benzene rings is 1. The van der Waals surface area contributed by atoms with Gasteiger partial charge in [-0.3, -0.25) is 14.4 Å². The lowest BCUT2D eigenvalue weighted by molar-refractivity contribution is -0.161. The number of fused-ring (bicyclic) bond motifs is 1. The monoisotopic (exact) mass is 345 g/mol. The predicted octanol–water partition coefficient (Wildman–Crippen LogP) is 1.85. The third kappa shape index (κ3) is 2.43. The van der Waals surface area contributed by atoms with Gasteiger partial charge in [0.2, 0.25) is 11.2 Å². The minimum absolute atomic E-state index is 0.145. The topological polar surface area (TPSA) is 74.6 Å². The van der Waals surface area contributed by atoms with Crippen molar-refractivity contribution >= 4 is 17.7 Å². The highest BCUT2D eigenvalue weighted by Crippen LogP contribution is 2.39. The van der Waals surface area contributed by atoms with Crippen LogP contribution in [0.1, 0.15) is 28.2 Å². The van der Waals surface area contributed by atoms with Crippen molar-refractivity contribution in [3.8, 4) is 0 Å². The van der Waals surface area contributed by atoms with Gasteiger partial charge in [0.1, 0.15) is 5.82 Å². The second-order valence-electron chi connectivity index (χ2n) is 5.73. The molecule has 130 valence electrons. The molecule has 2 aromatic rings. The summed E-state index contributed by atoms with van der Waals surface area (Å²) in [6.45, 7) is 0.287. The van der Waals surface area contributed by atoms with E-state index in [0.717, 1.165) is 0 Å². The van der Waals surface area contributed by atoms with Crippen molar-refractivity contribution in [2.75, 3.05) is 14.2 Å². The summed E-state index contributed by atoms with van der Waals surface area (Å²) in [5, 5.41) is 0. The van der Waals surface area contributed by atoms with E-state index in [-0.39, 0.29) is 18.7 Å².